The van der Waals surface area contributed by atoms with Crippen molar-refractivity contribution in [2.75, 3.05) is 18.5 Å². The van der Waals surface area contributed by atoms with Crippen LogP contribution in [-0.4, -0.2) is 51.8 Å². The highest BCUT2D eigenvalue weighted by Crippen LogP contribution is 2.35. The zero-order valence-corrected chi connectivity index (χ0v) is 21.0. The van der Waals surface area contributed by atoms with Crippen molar-refractivity contribution >= 4 is 23.2 Å². The Morgan fingerprint density at radius 3 is 2.52 bits per heavy atom. The number of fused-ring (bicyclic) bond motifs is 2. The number of amides is 2. The van der Waals surface area contributed by atoms with E-state index in [1.807, 2.05) is 6.07 Å². The molecule has 2 atom stereocenters. The minimum atomic E-state index is -1.47. The number of nitrogens with one attached hydrogen (secondary N) is 2. The van der Waals surface area contributed by atoms with Crippen molar-refractivity contribution in [1.29, 1.82) is 0 Å². The normalized spacial score (nSPS) is 18.0. The van der Waals surface area contributed by atoms with Gasteiger partial charge in [-0.1, -0.05) is 54.6 Å². The summed E-state index contributed by atoms with van der Waals surface area (Å²) >= 11 is 0. The molecule has 4 aromatic rings. The van der Waals surface area contributed by atoms with Crippen molar-refractivity contribution < 1.29 is 28.2 Å². The highest BCUT2D eigenvalue weighted by atomic mass is 19.1. The Morgan fingerprint density at radius 2 is 1.75 bits per heavy atom. The number of aliphatic hydroxyl groups excluding tert-OH is 1. The second-order valence-corrected chi connectivity index (χ2v) is 9.42. The van der Waals surface area contributed by atoms with E-state index in [1.165, 1.54) is 35.0 Å². The zero-order valence-electron chi connectivity index (χ0n) is 21.0. The molecule has 2 aliphatic heterocycles. The highest BCUT2D eigenvalue weighted by molar-refractivity contribution is 6.20. The van der Waals surface area contributed by atoms with Gasteiger partial charge in [0.1, 0.15) is 22.9 Å². The van der Waals surface area contributed by atoms with Crippen molar-refractivity contribution in [1.82, 2.24) is 15.1 Å². The van der Waals surface area contributed by atoms with Crippen molar-refractivity contribution in [3.8, 4) is 17.1 Å². The van der Waals surface area contributed by atoms with E-state index in [2.05, 4.69) is 20.7 Å². The number of para-hydroxylation sites is 1. The van der Waals surface area contributed by atoms with Gasteiger partial charge in [0.15, 0.2) is 0 Å². The zero-order chi connectivity index (χ0) is 27.8. The Bertz CT molecular complexity index is 1650. The second-order valence-electron chi connectivity index (χ2n) is 9.42. The van der Waals surface area contributed by atoms with Crippen LogP contribution in [0.5, 0.6) is 5.88 Å². The molecule has 2 amide bonds. The lowest BCUT2D eigenvalue weighted by atomic mass is 10.0. The van der Waals surface area contributed by atoms with Gasteiger partial charge in [0, 0.05) is 22.6 Å². The highest BCUT2D eigenvalue weighted by Gasteiger charge is 2.35. The van der Waals surface area contributed by atoms with E-state index < -0.39 is 29.6 Å². The summed E-state index contributed by atoms with van der Waals surface area (Å²) in [5.74, 6) is -2.99. The number of hydrogen-bond donors (Lipinski definition) is 3. The first-order chi connectivity index (χ1) is 19.4. The molecule has 11 heteroatoms. The molecule has 0 radical (unpaired) electrons. The molecule has 0 bridgehead atoms. The third-order valence-corrected chi connectivity index (χ3v) is 6.75. The van der Waals surface area contributed by atoms with Crippen molar-refractivity contribution in [3.63, 3.8) is 0 Å². The molecule has 202 valence electrons. The molecule has 1 aromatic heterocycles. The predicted molar refractivity (Wildman–Crippen MR) is 142 cm³/mol. The summed E-state index contributed by atoms with van der Waals surface area (Å²) in [6.07, 6.45) is -1.47. The van der Waals surface area contributed by atoms with Crippen LogP contribution in [0.1, 0.15) is 21.5 Å². The van der Waals surface area contributed by atoms with Gasteiger partial charge in [-0.15, -0.1) is 0 Å². The Kier molecular flexibility index (Phi) is 6.56. The number of carbonyl (C=O) groups excluding carboxylic acids is 2. The van der Waals surface area contributed by atoms with Crippen LogP contribution in [0.3, 0.4) is 0 Å². The molecule has 0 saturated carbocycles. The maximum absolute atomic E-state index is 14.8. The van der Waals surface area contributed by atoms with Gasteiger partial charge >= 0.3 is 0 Å². The monoisotopic (exact) mass is 543 g/mol. The number of rotatable bonds is 5. The fourth-order valence-electron chi connectivity index (χ4n) is 4.79. The fraction of sp³-hybridized carbons (Fsp3) is 0.172. The van der Waals surface area contributed by atoms with Gasteiger partial charge < -0.3 is 20.5 Å². The summed E-state index contributed by atoms with van der Waals surface area (Å²) in [6.45, 7) is 0.204. The van der Waals surface area contributed by atoms with Crippen LogP contribution in [0.15, 0.2) is 77.8 Å². The number of aliphatic imine (C=N–C) groups is 1. The fourth-order valence-corrected chi connectivity index (χ4v) is 4.79. The van der Waals surface area contributed by atoms with Gasteiger partial charge in [-0.2, -0.15) is 5.10 Å². The minimum Gasteiger partial charge on any atom is -0.477 e. The lowest BCUT2D eigenvalue weighted by molar-refractivity contribution is -0.117. The van der Waals surface area contributed by atoms with Gasteiger partial charge in [-0.25, -0.2) is 18.5 Å². The van der Waals surface area contributed by atoms with Crippen LogP contribution in [0.2, 0.25) is 0 Å². The molecular weight excluding hydrogens is 520 g/mol. The maximum atomic E-state index is 14.8. The number of aromatic nitrogens is 2. The maximum Gasteiger partial charge on any atom is 0.269 e. The molecule has 0 fully saturated rings. The van der Waals surface area contributed by atoms with E-state index in [-0.39, 0.29) is 54.1 Å². The molecule has 0 unspecified atom stereocenters. The quantitative estimate of drug-likeness (QED) is 0.357. The van der Waals surface area contributed by atoms with E-state index in [0.717, 1.165) is 0 Å². The Balaban J connectivity index is 1.43. The SMILES string of the molecule is O=C(N[C@H]1N=C(c2ccccc2)c2cccc(F)c2NC1=O)c1c(-c2ccccc2F)nn2c1OC[C@H](CO)C2. The van der Waals surface area contributed by atoms with Crippen molar-refractivity contribution in [2.45, 2.75) is 12.7 Å². The van der Waals surface area contributed by atoms with Gasteiger partial charge in [-0.05, 0) is 18.2 Å². The number of halogens is 2. The van der Waals surface area contributed by atoms with Crippen LogP contribution >= 0.6 is 0 Å². The second kappa shape index (κ2) is 10.3. The summed E-state index contributed by atoms with van der Waals surface area (Å²) in [5, 5.41) is 19.2. The molecule has 3 heterocycles. The molecule has 3 N–H and O–H groups in total. The van der Waals surface area contributed by atoms with Crippen molar-refractivity contribution in [2.24, 2.45) is 10.9 Å². The lowest BCUT2D eigenvalue weighted by Crippen LogP contribution is -2.42. The molecule has 6 rings (SSSR count). The number of aliphatic hydroxyl groups is 1. The largest absolute Gasteiger partial charge is 0.477 e. The van der Waals surface area contributed by atoms with Crippen LogP contribution in [-0.2, 0) is 11.3 Å². The number of nitrogens with zero attached hydrogens (tertiary/aromatic N) is 3. The Hall–Kier alpha value is -4.90. The number of anilines is 1. The first kappa shape index (κ1) is 25.4. The third-order valence-electron chi connectivity index (χ3n) is 6.75. The molecule has 0 aliphatic carbocycles. The number of benzodiazepines with no additional fused rings is 1. The van der Waals surface area contributed by atoms with Gasteiger partial charge in [0.25, 0.3) is 11.8 Å². The first-order valence-electron chi connectivity index (χ1n) is 12.6. The molecule has 2 aliphatic rings. The average Bonchev–Trinajstić information content (AvgIpc) is 3.28. The van der Waals surface area contributed by atoms with Gasteiger partial charge in [-0.3, -0.25) is 9.59 Å². The standard InChI is InChI=1S/C29H23F2N5O4/c30-20-11-5-4-9-18(20)25-22(29-36(35-25)13-16(14-37)15-40-29)27(38)34-26-28(39)33-24-19(10-6-12-21(24)31)23(32-26)17-7-2-1-3-8-17/h1-12,16,26,37H,13-15H2,(H,33,39)(H,34,38)/t16-,26+/m0/s1. The summed E-state index contributed by atoms with van der Waals surface area (Å²) in [5.41, 5.74) is 1.20. The van der Waals surface area contributed by atoms with Crippen LogP contribution in [0.25, 0.3) is 11.3 Å². The topological polar surface area (TPSA) is 118 Å². The summed E-state index contributed by atoms with van der Waals surface area (Å²) < 4.78 is 36.9. The van der Waals surface area contributed by atoms with E-state index in [1.54, 1.807) is 36.4 Å². The van der Waals surface area contributed by atoms with Crippen LogP contribution in [0.4, 0.5) is 14.5 Å². The summed E-state index contributed by atoms with van der Waals surface area (Å²) in [6, 6.07) is 19.1. The first-order valence-corrected chi connectivity index (χ1v) is 12.6. The molecule has 9 nitrogen and oxygen atoms in total. The summed E-state index contributed by atoms with van der Waals surface area (Å²) in [7, 11) is 0. The van der Waals surface area contributed by atoms with Gasteiger partial charge in [0.2, 0.25) is 12.0 Å². The average molecular weight is 544 g/mol. The van der Waals surface area contributed by atoms with Crippen LogP contribution < -0.4 is 15.4 Å². The Morgan fingerprint density at radius 1 is 1.02 bits per heavy atom. The minimum absolute atomic E-state index is 0.0137. The predicted octanol–water partition coefficient (Wildman–Crippen LogP) is 3.37. The smallest absolute Gasteiger partial charge is 0.269 e. The number of carbonyl (C=O) groups is 2. The molecule has 0 saturated heterocycles. The number of ether oxygens (including phenoxy) is 1. The number of hydrogen-bond acceptors (Lipinski definition) is 6. The van der Waals surface area contributed by atoms with Crippen molar-refractivity contribution in [3.05, 3.63) is 101 Å². The Labute approximate surface area is 227 Å². The van der Waals surface area contributed by atoms with Gasteiger partial charge in [0.05, 0.1) is 31.2 Å². The molecule has 3 aromatic carbocycles. The molecule has 40 heavy (non-hydrogen) atoms. The van der Waals surface area contributed by atoms with E-state index in [9.17, 15) is 23.5 Å². The molecular formula is C29H23F2N5O4. The van der Waals surface area contributed by atoms with Crippen LogP contribution in [0, 0.1) is 17.6 Å². The lowest BCUT2D eigenvalue weighted by Gasteiger charge is -2.23. The number of benzene rings is 3. The van der Waals surface area contributed by atoms with E-state index >= 15 is 0 Å². The summed E-state index contributed by atoms with van der Waals surface area (Å²) in [4.78, 5) is 31.6. The molecule has 0 spiro atoms. The van der Waals surface area contributed by atoms with E-state index in [4.69, 9.17) is 4.74 Å². The van der Waals surface area contributed by atoms with E-state index in [0.29, 0.717) is 16.8 Å². The third kappa shape index (κ3) is 4.50.